The van der Waals surface area contributed by atoms with Crippen molar-refractivity contribution in [3.8, 4) is 5.75 Å². The standard InChI is InChI=1S/C15H14ClFN2O/c16-13-3-2-11(17)8-12(13)15(19-18)10-1-4-14-9(7-10)5-6-20-14/h1-4,7-8,15,19H,5-6,18H2. The Hall–Kier alpha value is -1.62. The number of benzene rings is 2. The maximum atomic E-state index is 13.4. The van der Waals surface area contributed by atoms with Crippen molar-refractivity contribution in [1.82, 2.24) is 5.43 Å². The fourth-order valence-electron chi connectivity index (χ4n) is 2.49. The summed E-state index contributed by atoms with van der Waals surface area (Å²) in [7, 11) is 0. The van der Waals surface area contributed by atoms with Crippen molar-refractivity contribution in [2.75, 3.05) is 6.61 Å². The molecular weight excluding hydrogens is 279 g/mol. The van der Waals surface area contributed by atoms with E-state index in [9.17, 15) is 4.39 Å². The lowest BCUT2D eigenvalue weighted by Gasteiger charge is -2.19. The number of fused-ring (bicyclic) bond motifs is 1. The second-order valence-corrected chi connectivity index (χ2v) is 5.14. The van der Waals surface area contributed by atoms with Crippen LogP contribution in [0.25, 0.3) is 0 Å². The molecule has 0 radical (unpaired) electrons. The van der Waals surface area contributed by atoms with Crippen molar-refractivity contribution in [2.45, 2.75) is 12.5 Å². The highest BCUT2D eigenvalue weighted by molar-refractivity contribution is 6.31. The van der Waals surface area contributed by atoms with Crippen LogP contribution in [0.5, 0.6) is 5.75 Å². The van der Waals surface area contributed by atoms with Crippen molar-refractivity contribution in [1.29, 1.82) is 0 Å². The smallest absolute Gasteiger partial charge is 0.123 e. The summed E-state index contributed by atoms with van der Waals surface area (Å²) in [6, 6.07) is 9.75. The molecule has 104 valence electrons. The Bertz CT molecular complexity index is 648. The van der Waals surface area contributed by atoms with E-state index < -0.39 is 0 Å². The average molecular weight is 293 g/mol. The Morgan fingerprint density at radius 2 is 2.10 bits per heavy atom. The lowest BCUT2D eigenvalue weighted by atomic mass is 9.97. The maximum Gasteiger partial charge on any atom is 0.123 e. The average Bonchev–Trinajstić information content (AvgIpc) is 2.91. The fraction of sp³-hybridized carbons (Fsp3) is 0.200. The van der Waals surface area contributed by atoms with Gasteiger partial charge in [0.15, 0.2) is 0 Å². The maximum absolute atomic E-state index is 13.4. The molecule has 0 aliphatic carbocycles. The molecule has 1 aliphatic rings. The first-order valence-electron chi connectivity index (χ1n) is 6.36. The van der Waals surface area contributed by atoms with Crippen LogP contribution in [0.2, 0.25) is 5.02 Å². The molecule has 3 nitrogen and oxygen atoms in total. The summed E-state index contributed by atoms with van der Waals surface area (Å²) in [6.45, 7) is 0.695. The second-order valence-electron chi connectivity index (χ2n) is 4.73. The Labute approximate surface area is 121 Å². The highest BCUT2D eigenvalue weighted by Crippen LogP contribution is 2.33. The van der Waals surface area contributed by atoms with E-state index in [1.807, 2.05) is 18.2 Å². The van der Waals surface area contributed by atoms with Crippen LogP contribution in [-0.2, 0) is 6.42 Å². The Morgan fingerprint density at radius 1 is 1.25 bits per heavy atom. The summed E-state index contributed by atoms with van der Waals surface area (Å²) in [5.74, 6) is 6.20. The zero-order valence-electron chi connectivity index (χ0n) is 10.7. The van der Waals surface area contributed by atoms with Crippen LogP contribution in [0, 0.1) is 5.82 Å². The van der Waals surface area contributed by atoms with Crippen molar-refractivity contribution in [3.63, 3.8) is 0 Å². The van der Waals surface area contributed by atoms with Gasteiger partial charge in [-0.15, -0.1) is 0 Å². The number of rotatable bonds is 3. The minimum atomic E-state index is -0.357. The molecule has 3 rings (SSSR count). The lowest BCUT2D eigenvalue weighted by molar-refractivity contribution is 0.357. The Balaban J connectivity index is 2.03. The Kier molecular flexibility index (Phi) is 3.61. The summed E-state index contributed by atoms with van der Waals surface area (Å²) in [4.78, 5) is 0. The van der Waals surface area contributed by atoms with E-state index in [0.29, 0.717) is 17.2 Å². The third kappa shape index (κ3) is 2.38. The van der Waals surface area contributed by atoms with E-state index in [-0.39, 0.29) is 11.9 Å². The van der Waals surface area contributed by atoms with Gasteiger partial charge in [0.1, 0.15) is 11.6 Å². The third-order valence-corrected chi connectivity index (χ3v) is 3.83. The van der Waals surface area contributed by atoms with E-state index in [2.05, 4.69) is 5.43 Å². The Morgan fingerprint density at radius 3 is 2.90 bits per heavy atom. The zero-order chi connectivity index (χ0) is 14.1. The molecule has 20 heavy (non-hydrogen) atoms. The first-order valence-corrected chi connectivity index (χ1v) is 6.73. The predicted molar refractivity (Wildman–Crippen MR) is 76.2 cm³/mol. The van der Waals surface area contributed by atoms with Gasteiger partial charge < -0.3 is 4.74 Å². The number of hydrogen-bond donors (Lipinski definition) is 2. The molecular formula is C15H14ClFN2O. The number of nitrogens with two attached hydrogens (primary N) is 1. The van der Waals surface area contributed by atoms with Gasteiger partial charge in [-0.1, -0.05) is 23.7 Å². The van der Waals surface area contributed by atoms with Gasteiger partial charge in [-0.2, -0.15) is 0 Å². The molecule has 0 fully saturated rings. The largest absolute Gasteiger partial charge is 0.493 e. The molecule has 2 aromatic carbocycles. The molecule has 0 spiro atoms. The fourth-order valence-corrected chi connectivity index (χ4v) is 2.71. The van der Waals surface area contributed by atoms with E-state index in [1.165, 1.54) is 18.2 Å². The number of halogens is 2. The molecule has 1 unspecified atom stereocenters. The minimum Gasteiger partial charge on any atom is -0.493 e. The van der Waals surface area contributed by atoms with E-state index >= 15 is 0 Å². The van der Waals surface area contributed by atoms with Gasteiger partial charge in [0.05, 0.1) is 12.6 Å². The van der Waals surface area contributed by atoms with Gasteiger partial charge in [-0.25, -0.2) is 9.82 Å². The molecule has 1 aliphatic heterocycles. The van der Waals surface area contributed by atoms with Crippen LogP contribution in [0.4, 0.5) is 4.39 Å². The topological polar surface area (TPSA) is 47.3 Å². The van der Waals surface area contributed by atoms with Crippen LogP contribution in [0.3, 0.4) is 0 Å². The van der Waals surface area contributed by atoms with Gasteiger partial charge in [0, 0.05) is 11.4 Å². The zero-order valence-corrected chi connectivity index (χ0v) is 11.5. The first kappa shape index (κ1) is 13.4. The van der Waals surface area contributed by atoms with Crippen LogP contribution in [-0.4, -0.2) is 6.61 Å². The van der Waals surface area contributed by atoms with Crippen molar-refractivity contribution in [3.05, 3.63) is 63.9 Å². The summed E-state index contributed by atoms with van der Waals surface area (Å²) in [5, 5.41) is 0.478. The molecule has 0 amide bonds. The molecule has 0 aromatic heterocycles. The van der Waals surface area contributed by atoms with Crippen molar-refractivity contribution in [2.24, 2.45) is 5.84 Å². The van der Waals surface area contributed by atoms with Crippen LogP contribution >= 0.6 is 11.6 Å². The van der Waals surface area contributed by atoms with Gasteiger partial charge in [0.2, 0.25) is 0 Å². The van der Waals surface area contributed by atoms with Gasteiger partial charge in [-0.05, 0) is 41.0 Å². The van der Waals surface area contributed by atoms with Gasteiger partial charge in [-0.3, -0.25) is 5.84 Å². The minimum absolute atomic E-state index is 0.339. The molecule has 2 aromatic rings. The molecule has 1 atom stereocenters. The molecule has 1 heterocycles. The second kappa shape index (κ2) is 5.40. The molecule has 0 saturated carbocycles. The summed E-state index contributed by atoms with van der Waals surface area (Å²) >= 11 is 6.15. The first-order chi connectivity index (χ1) is 9.69. The molecule has 3 N–H and O–H groups in total. The summed E-state index contributed by atoms with van der Waals surface area (Å²) < 4.78 is 18.9. The van der Waals surface area contributed by atoms with Gasteiger partial charge >= 0.3 is 0 Å². The summed E-state index contributed by atoms with van der Waals surface area (Å²) in [6.07, 6.45) is 0.872. The normalized spacial score (nSPS) is 14.8. The molecule has 5 heteroatoms. The predicted octanol–water partition coefficient (Wildman–Crippen LogP) is 2.97. The van der Waals surface area contributed by atoms with Gasteiger partial charge in [0.25, 0.3) is 0 Å². The van der Waals surface area contributed by atoms with E-state index in [0.717, 1.165) is 23.3 Å². The lowest BCUT2D eigenvalue weighted by Crippen LogP contribution is -2.29. The highest BCUT2D eigenvalue weighted by Gasteiger charge is 2.19. The quantitative estimate of drug-likeness (QED) is 0.675. The van der Waals surface area contributed by atoms with E-state index in [4.69, 9.17) is 22.2 Å². The monoisotopic (exact) mass is 292 g/mol. The van der Waals surface area contributed by atoms with E-state index in [1.54, 1.807) is 0 Å². The number of hydrogen-bond acceptors (Lipinski definition) is 3. The van der Waals surface area contributed by atoms with Crippen LogP contribution < -0.4 is 16.0 Å². The summed E-state index contributed by atoms with van der Waals surface area (Å²) in [5.41, 5.74) is 5.39. The van der Waals surface area contributed by atoms with Crippen LogP contribution in [0.1, 0.15) is 22.7 Å². The number of hydrazine groups is 1. The number of nitrogens with one attached hydrogen (secondary N) is 1. The molecule has 0 bridgehead atoms. The van der Waals surface area contributed by atoms with Crippen molar-refractivity contribution < 1.29 is 9.13 Å². The third-order valence-electron chi connectivity index (χ3n) is 3.48. The van der Waals surface area contributed by atoms with Crippen molar-refractivity contribution >= 4 is 11.6 Å². The molecule has 0 saturated heterocycles. The highest BCUT2D eigenvalue weighted by atomic mass is 35.5. The SMILES string of the molecule is NNC(c1ccc2c(c1)CCO2)c1cc(F)ccc1Cl. The number of ether oxygens (including phenoxy) is 1. The van der Waals surface area contributed by atoms with Crippen LogP contribution in [0.15, 0.2) is 36.4 Å².